The van der Waals surface area contributed by atoms with E-state index in [2.05, 4.69) is 41.0 Å². The molecule has 2 fully saturated rings. The lowest BCUT2D eigenvalue weighted by molar-refractivity contribution is 0.520. The molecule has 0 spiro atoms. The molecule has 0 aromatic carbocycles. The first-order valence-corrected chi connectivity index (χ1v) is 7.49. The number of nitrogens with one attached hydrogen (secondary N) is 4. The van der Waals surface area contributed by atoms with Gasteiger partial charge in [-0.05, 0) is 51.9 Å². The summed E-state index contributed by atoms with van der Waals surface area (Å²) >= 11 is 0. The van der Waals surface area contributed by atoms with E-state index in [4.69, 9.17) is 0 Å². The molecule has 0 bridgehead atoms. The van der Waals surface area contributed by atoms with Gasteiger partial charge in [-0.15, -0.1) is 0 Å². The van der Waals surface area contributed by atoms with Gasteiger partial charge in [-0.2, -0.15) is 10.2 Å². The molecule has 8 nitrogen and oxygen atoms in total. The Balaban J connectivity index is 0.000000140. The molecule has 0 radical (unpaired) electrons. The second-order valence-electron chi connectivity index (χ2n) is 4.57. The van der Waals surface area contributed by atoms with Crippen molar-refractivity contribution in [2.45, 2.75) is 32.1 Å². The van der Waals surface area contributed by atoms with Crippen LogP contribution in [0.15, 0.2) is 25.3 Å². The number of piperidine rings is 1. The van der Waals surface area contributed by atoms with Crippen LogP contribution in [0.2, 0.25) is 0 Å². The van der Waals surface area contributed by atoms with Crippen molar-refractivity contribution in [1.29, 1.82) is 0 Å². The number of rotatable bonds is 0. The van der Waals surface area contributed by atoms with Crippen LogP contribution in [0.5, 0.6) is 0 Å². The lowest BCUT2D eigenvalue weighted by atomic mass is 10.2. The molecule has 118 valence electrons. The molecule has 2 saturated heterocycles. The van der Waals surface area contributed by atoms with E-state index in [0.29, 0.717) is 0 Å². The highest BCUT2D eigenvalue weighted by Gasteiger charge is 1.94. The average molecular weight is 294 g/mol. The van der Waals surface area contributed by atoms with Crippen LogP contribution in [0.25, 0.3) is 0 Å². The molecule has 2 aliphatic heterocycles. The van der Waals surface area contributed by atoms with Crippen LogP contribution in [0.1, 0.15) is 32.1 Å². The van der Waals surface area contributed by atoms with Gasteiger partial charge in [-0.3, -0.25) is 10.2 Å². The van der Waals surface area contributed by atoms with Crippen LogP contribution in [0.3, 0.4) is 0 Å². The summed E-state index contributed by atoms with van der Waals surface area (Å²) in [5.74, 6) is 0. The highest BCUT2D eigenvalue weighted by molar-refractivity contribution is 4.56. The van der Waals surface area contributed by atoms with Gasteiger partial charge in [0.15, 0.2) is 0 Å². The van der Waals surface area contributed by atoms with Crippen molar-refractivity contribution in [2.24, 2.45) is 0 Å². The summed E-state index contributed by atoms with van der Waals surface area (Å²) in [7, 11) is 0. The second-order valence-corrected chi connectivity index (χ2v) is 4.57. The molecular weight excluding hydrogens is 268 g/mol. The third-order valence-electron chi connectivity index (χ3n) is 2.83. The van der Waals surface area contributed by atoms with Crippen molar-refractivity contribution >= 4 is 0 Å². The topological polar surface area (TPSA) is 107 Å². The maximum Gasteiger partial charge on any atom is 0.137 e. The third-order valence-corrected chi connectivity index (χ3v) is 2.83. The van der Waals surface area contributed by atoms with E-state index in [1.165, 1.54) is 83.6 Å². The average Bonchev–Trinajstić information content (AvgIpc) is 3.38. The van der Waals surface area contributed by atoms with E-state index in [1.807, 2.05) is 0 Å². The molecular formula is C13H26N8. The maximum absolute atomic E-state index is 3.56. The van der Waals surface area contributed by atoms with E-state index in [-0.39, 0.29) is 0 Å². The summed E-state index contributed by atoms with van der Waals surface area (Å²) in [6.45, 7) is 5.00. The van der Waals surface area contributed by atoms with Crippen LogP contribution < -0.4 is 10.6 Å². The molecule has 4 heterocycles. The molecule has 0 saturated carbocycles. The van der Waals surface area contributed by atoms with E-state index < -0.39 is 0 Å². The first-order chi connectivity index (χ1) is 10.5. The number of aromatic amines is 2. The molecule has 21 heavy (non-hydrogen) atoms. The smallest absolute Gasteiger partial charge is 0.137 e. The number of H-pyrrole nitrogens is 2. The van der Waals surface area contributed by atoms with Crippen LogP contribution in [-0.4, -0.2) is 56.5 Å². The molecule has 2 aliphatic rings. The summed E-state index contributed by atoms with van der Waals surface area (Å²) in [4.78, 5) is 7.11. The fraction of sp³-hybridized carbons (Fsp3) is 0.692. The van der Waals surface area contributed by atoms with E-state index >= 15 is 0 Å². The summed E-state index contributed by atoms with van der Waals surface area (Å²) in [5, 5.41) is 18.5. The number of aromatic nitrogens is 6. The van der Waals surface area contributed by atoms with Gasteiger partial charge in [0.25, 0.3) is 0 Å². The van der Waals surface area contributed by atoms with Gasteiger partial charge < -0.3 is 10.6 Å². The SMILES string of the molecule is C1CCNC1.C1CCNCC1.c1nc[nH]n1.c1nc[nH]n1. The highest BCUT2D eigenvalue weighted by atomic mass is 15.2. The second kappa shape index (κ2) is 14.6. The Kier molecular flexibility index (Phi) is 12.0. The van der Waals surface area contributed by atoms with Crippen LogP contribution in [0, 0.1) is 0 Å². The summed E-state index contributed by atoms with van der Waals surface area (Å²) in [6, 6.07) is 0. The van der Waals surface area contributed by atoms with Gasteiger partial charge in [0, 0.05) is 0 Å². The van der Waals surface area contributed by atoms with Gasteiger partial charge in [0.05, 0.1) is 0 Å². The minimum atomic E-state index is 1.25. The Morgan fingerprint density at radius 2 is 1.00 bits per heavy atom. The van der Waals surface area contributed by atoms with Crippen LogP contribution in [-0.2, 0) is 0 Å². The molecule has 0 unspecified atom stereocenters. The van der Waals surface area contributed by atoms with Crippen LogP contribution >= 0.6 is 0 Å². The Morgan fingerprint density at radius 3 is 1.14 bits per heavy atom. The maximum atomic E-state index is 3.56. The van der Waals surface area contributed by atoms with Gasteiger partial charge in [-0.1, -0.05) is 6.42 Å². The standard InChI is InChI=1S/C5H11N.C4H9N.2C2H3N3/c1-2-4-6-5-3-1;1-2-4-5-3-1;2*1-3-2-5-4-1/h6H,1-5H2;5H,1-4H2;2*1-2H,(H,3,4,5). The predicted molar refractivity (Wildman–Crippen MR) is 81.6 cm³/mol. The van der Waals surface area contributed by atoms with E-state index in [0.717, 1.165) is 0 Å². The van der Waals surface area contributed by atoms with Gasteiger partial charge >= 0.3 is 0 Å². The summed E-state index contributed by atoms with van der Waals surface area (Å²) < 4.78 is 0. The molecule has 0 aliphatic carbocycles. The zero-order chi connectivity index (χ0) is 14.8. The highest BCUT2D eigenvalue weighted by Crippen LogP contribution is 1.96. The zero-order valence-electron chi connectivity index (χ0n) is 12.5. The quantitative estimate of drug-likeness (QED) is 0.571. The lowest BCUT2D eigenvalue weighted by Gasteiger charge is -2.08. The summed E-state index contributed by atoms with van der Waals surface area (Å²) in [5.41, 5.74) is 0. The monoisotopic (exact) mass is 294 g/mol. The van der Waals surface area contributed by atoms with Crippen molar-refractivity contribution in [1.82, 2.24) is 41.0 Å². The Bertz CT molecular complexity index is 274. The van der Waals surface area contributed by atoms with Crippen molar-refractivity contribution in [2.75, 3.05) is 26.2 Å². The Hall–Kier alpha value is -1.80. The molecule has 4 N–H and O–H groups in total. The fourth-order valence-corrected chi connectivity index (χ4v) is 1.76. The Labute approximate surface area is 125 Å². The first kappa shape index (κ1) is 17.3. The normalized spacial score (nSPS) is 16.4. The Morgan fingerprint density at radius 1 is 0.571 bits per heavy atom. The molecule has 8 heteroatoms. The molecule has 2 aromatic heterocycles. The summed E-state index contributed by atoms with van der Waals surface area (Å²) in [6.07, 6.45) is 12.9. The number of nitrogens with zero attached hydrogens (tertiary/aromatic N) is 4. The van der Waals surface area contributed by atoms with Crippen molar-refractivity contribution < 1.29 is 0 Å². The van der Waals surface area contributed by atoms with Gasteiger partial charge in [0.1, 0.15) is 25.3 Å². The minimum absolute atomic E-state index is 1.25. The number of hydrogen-bond acceptors (Lipinski definition) is 6. The largest absolute Gasteiger partial charge is 0.317 e. The van der Waals surface area contributed by atoms with Crippen LogP contribution in [0.4, 0.5) is 0 Å². The fourth-order valence-electron chi connectivity index (χ4n) is 1.76. The van der Waals surface area contributed by atoms with Crippen molar-refractivity contribution in [3.8, 4) is 0 Å². The number of hydrogen-bond donors (Lipinski definition) is 4. The van der Waals surface area contributed by atoms with Crippen molar-refractivity contribution in [3.05, 3.63) is 25.3 Å². The van der Waals surface area contributed by atoms with E-state index in [9.17, 15) is 0 Å². The van der Waals surface area contributed by atoms with E-state index in [1.54, 1.807) is 0 Å². The molecule has 0 amide bonds. The van der Waals surface area contributed by atoms with Gasteiger partial charge in [-0.25, -0.2) is 9.97 Å². The third kappa shape index (κ3) is 13.0. The zero-order valence-corrected chi connectivity index (χ0v) is 12.5. The van der Waals surface area contributed by atoms with Gasteiger partial charge in [0.2, 0.25) is 0 Å². The lowest BCUT2D eigenvalue weighted by Crippen LogP contribution is -2.21. The van der Waals surface area contributed by atoms with Crippen molar-refractivity contribution in [3.63, 3.8) is 0 Å². The molecule has 4 rings (SSSR count). The predicted octanol–water partition coefficient (Wildman–Crippen LogP) is 0.739. The molecule has 0 atom stereocenters. The minimum Gasteiger partial charge on any atom is -0.317 e. The first-order valence-electron chi connectivity index (χ1n) is 7.49. The molecule has 2 aromatic rings.